The fraction of sp³-hybridized carbons (Fsp3) is 0.761. The lowest BCUT2D eigenvalue weighted by Gasteiger charge is -2.47. The van der Waals surface area contributed by atoms with E-state index in [1.54, 1.807) is 30.5 Å². The van der Waals surface area contributed by atoms with Crippen LogP contribution in [0, 0.1) is 17.8 Å². The monoisotopic (exact) mass is 954 g/mol. The number of carbonyl (C=O) groups excluding carboxylic acids is 3. The average molecular weight is 954 g/mol. The fourth-order valence-electron chi connectivity index (χ4n) is 10.0. The number of aliphatic hydroxyl groups excluding tert-OH is 3. The molecule has 1 aromatic heterocycles. The zero-order valence-corrected chi connectivity index (χ0v) is 41.2. The van der Waals surface area contributed by atoms with Gasteiger partial charge in [-0.2, -0.15) is 3.89 Å². The number of ether oxygens (including phenoxy) is 5. The highest BCUT2D eigenvalue weighted by Crippen LogP contribution is 2.40. The van der Waals surface area contributed by atoms with Crippen LogP contribution < -0.4 is 11.1 Å². The molecule has 0 spiro atoms. The van der Waals surface area contributed by atoms with Gasteiger partial charge in [0.05, 0.1) is 43.3 Å². The number of unbranched alkanes of at least 4 members (excludes halogenated alkanes) is 1. The molecule has 0 aliphatic carbocycles. The standard InChI is InChI=1S/C45H73N7O11.CH3FS/c1-10-36-45(8)39(52(43(58)63-45)17-12-11-16-51-26-34(48-49-51)32-14-13-15-33(46)23-32)31(6)47-25-27(2)24-44(7,59-9)40(29(4)37(55)30(5)41(57)61-36)62-42-38(56)35(22-28(3)60-42)50(18-20-53)19-21-54;1-3-2/h13-15,23,26-31,35-36,38-40,42,47,53-54,56H,10-12,16-22,24-25,46H2,1-9H3;1H3/t27-,28?,29+,30-,31-,35?,36-,38?,39-,40-,42+,44-,45-;/m1./s1. The maximum absolute atomic E-state index is 14.5. The predicted octanol–water partition coefficient (Wildman–Crippen LogP) is 4.24. The fourth-order valence-corrected chi connectivity index (χ4v) is 10.0. The van der Waals surface area contributed by atoms with Crippen molar-refractivity contribution in [2.24, 2.45) is 17.8 Å². The molecule has 6 N–H and O–H groups in total. The number of aliphatic hydroxyl groups is 3. The number of amides is 1. The molecule has 20 heteroatoms. The van der Waals surface area contributed by atoms with E-state index in [0.717, 1.165) is 5.56 Å². The topological polar surface area (TPSA) is 233 Å². The smallest absolute Gasteiger partial charge is 0.410 e. The maximum Gasteiger partial charge on any atom is 0.410 e. The van der Waals surface area contributed by atoms with Gasteiger partial charge in [-0.05, 0) is 91.3 Å². The normalized spacial score (nSPS) is 33.6. The molecule has 0 saturated carbocycles. The molecule has 374 valence electrons. The molecular formula is C46H76FN7O11S. The second kappa shape index (κ2) is 25.2. The van der Waals surface area contributed by atoms with E-state index in [1.807, 2.05) is 63.1 Å². The van der Waals surface area contributed by atoms with Crippen molar-refractivity contribution in [3.05, 3.63) is 30.5 Å². The van der Waals surface area contributed by atoms with Gasteiger partial charge < -0.3 is 50.1 Å². The first-order valence-corrected chi connectivity index (χ1v) is 24.3. The molecule has 5 rings (SSSR count). The summed E-state index contributed by atoms with van der Waals surface area (Å²) >= 11 is 0.250. The number of hydrogen-bond donors (Lipinski definition) is 5. The third-order valence-electron chi connectivity index (χ3n) is 13.4. The van der Waals surface area contributed by atoms with Crippen LogP contribution in [0.1, 0.15) is 87.5 Å². The van der Waals surface area contributed by atoms with E-state index in [2.05, 4.69) is 22.6 Å². The quantitative estimate of drug-likeness (QED) is 0.0727. The number of nitrogens with zero attached hydrogens (tertiary/aromatic N) is 5. The Kier molecular flexibility index (Phi) is 21.1. The van der Waals surface area contributed by atoms with E-state index in [-0.39, 0.29) is 56.5 Å². The van der Waals surface area contributed by atoms with E-state index < -0.39 is 77.6 Å². The van der Waals surface area contributed by atoms with Crippen LogP contribution in [-0.4, -0.2) is 171 Å². The molecule has 3 saturated heterocycles. The lowest BCUT2D eigenvalue weighted by molar-refractivity contribution is -0.297. The molecule has 18 nitrogen and oxygen atoms in total. The van der Waals surface area contributed by atoms with Gasteiger partial charge in [0.15, 0.2) is 17.7 Å². The van der Waals surface area contributed by atoms with Crippen molar-refractivity contribution < 1.29 is 57.3 Å². The van der Waals surface area contributed by atoms with Gasteiger partial charge in [-0.25, -0.2) is 4.79 Å². The van der Waals surface area contributed by atoms with Crippen LogP contribution in [0.5, 0.6) is 0 Å². The largest absolute Gasteiger partial charge is 0.458 e. The number of anilines is 1. The number of fused-ring (bicyclic) bond motifs is 1. The van der Waals surface area contributed by atoms with Gasteiger partial charge in [0.2, 0.25) is 0 Å². The number of ketones is 1. The summed E-state index contributed by atoms with van der Waals surface area (Å²) < 4.78 is 43.6. The number of nitrogen functional groups attached to an aromatic ring is 1. The van der Waals surface area contributed by atoms with Crippen LogP contribution in [0.3, 0.4) is 0 Å². The number of rotatable bonds is 15. The van der Waals surface area contributed by atoms with E-state index in [9.17, 15) is 33.6 Å². The van der Waals surface area contributed by atoms with Gasteiger partial charge >= 0.3 is 12.1 Å². The van der Waals surface area contributed by atoms with E-state index >= 15 is 0 Å². The van der Waals surface area contributed by atoms with Gasteiger partial charge in [-0.15, -0.1) is 5.10 Å². The molecule has 0 radical (unpaired) electrons. The third kappa shape index (κ3) is 13.4. The molecule has 3 aliphatic heterocycles. The summed E-state index contributed by atoms with van der Waals surface area (Å²) in [4.78, 5) is 46.0. The van der Waals surface area contributed by atoms with Crippen molar-refractivity contribution in [2.45, 2.75) is 154 Å². The maximum atomic E-state index is 14.5. The van der Waals surface area contributed by atoms with Gasteiger partial charge in [-0.3, -0.25) is 24.1 Å². The summed E-state index contributed by atoms with van der Waals surface area (Å²) in [5, 5.41) is 43.5. The van der Waals surface area contributed by atoms with E-state index in [1.165, 1.54) is 13.2 Å². The molecule has 3 aliphatic rings. The van der Waals surface area contributed by atoms with Crippen molar-refractivity contribution in [2.75, 3.05) is 58.5 Å². The van der Waals surface area contributed by atoms with Gasteiger partial charge in [-0.1, -0.05) is 38.1 Å². The van der Waals surface area contributed by atoms with Gasteiger partial charge in [0.1, 0.15) is 23.8 Å². The number of cyclic esters (lactones) is 1. The van der Waals surface area contributed by atoms with E-state index in [0.29, 0.717) is 63.1 Å². The summed E-state index contributed by atoms with van der Waals surface area (Å²) in [5.41, 5.74) is 5.80. The number of aromatic nitrogens is 3. The van der Waals surface area contributed by atoms with Crippen LogP contribution in [0.15, 0.2) is 30.5 Å². The average Bonchev–Trinajstić information content (AvgIpc) is 3.86. The molecule has 1 amide bonds. The summed E-state index contributed by atoms with van der Waals surface area (Å²) in [6.07, 6.45) is 0.549. The summed E-state index contributed by atoms with van der Waals surface area (Å²) in [7, 11) is 1.55. The number of hydrogen-bond acceptors (Lipinski definition) is 17. The summed E-state index contributed by atoms with van der Waals surface area (Å²) in [6.45, 7) is 16.2. The number of Topliss-reactive ketones (excluding diaryl/α,β-unsaturated/α-hetero) is 1. The van der Waals surface area contributed by atoms with Crippen molar-refractivity contribution in [1.82, 2.24) is 30.1 Å². The van der Waals surface area contributed by atoms with Gasteiger partial charge in [0.25, 0.3) is 0 Å². The number of carbonyl (C=O) groups is 3. The SMILES string of the molecule is CC[C@H]1OC(=O)[C@H](C)C(=O)[C@H](C)[C@@H](O[C@@H]2OC(C)CC(N(CCO)CCO)C2O)[C@](C)(OC)C[C@@H](C)CN[C@H](C)[C@H]2N(CCCCn3cc(-c4cccc(N)c4)nn3)C(=O)O[C@]12C.CSF. The molecule has 1 aromatic carbocycles. The lowest BCUT2D eigenvalue weighted by atomic mass is 9.78. The highest BCUT2D eigenvalue weighted by atomic mass is 32.2. The Morgan fingerprint density at radius 2 is 1.74 bits per heavy atom. The lowest BCUT2D eigenvalue weighted by Crippen LogP contribution is -2.61. The van der Waals surface area contributed by atoms with E-state index in [4.69, 9.17) is 29.4 Å². The van der Waals surface area contributed by atoms with Crippen molar-refractivity contribution in [3.63, 3.8) is 0 Å². The van der Waals surface area contributed by atoms with Crippen LogP contribution in [0.4, 0.5) is 14.4 Å². The number of esters is 1. The molecular weight excluding hydrogens is 878 g/mol. The Labute approximate surface area is 394 Å². The number of benzene rings is 1. The highest BCUT2D eigenvalue weighted by molar-refractivity contribution is 7.93. The zero-order chi connectivity index (χ0) is 48.9. The van der Waals surface area contributed by atoms with Crippen LogP contribution in [0.25, 0.3) is 11.3 Å². The molecule has 0 bridgehead atoms. The van der Waals surface area contributed by atoms with Crippen LogP contribution in [-0.2, 0) is 39.8 Å². The second-order valence-electron chi connectivity index (χ2n) is 18.5. The number of aryl methyl sites for hydroxylation is 1. The predicted molar refractivity (Wildman–Crippen MR) is 249 cm³/mol. The highest BCUT2D eigenvalue weighted by Gasteiger charge is 2.58. The molecule has 66 heavy (non-hydrogen) atoms. The Morgan fingerprint density at radius 1 is 1.08 bits per heavy atom. The zero-order valence-electron chi connectivity index (χ0n) is 40.4. The van der Waals surface area contributed by atoms with Crippen LogP contribution >= 0.6 is 12.1 Å². The minimum atomic E-state index is -1.27. The Bertz CT molecular complexity index is 1850. The molecule has 4 heterocycles. The van der Waals surface area contributed by atoms with Crippen LogP contribution in [0.2, 0.25) is 0 Å². The number of methoxy groups -OCH3 is 1. The first kappa shape index (κ1) is 55.1. The molecule has 3 fully saturated rings. The van der Waals surface area contributed by atoms with Gasteiger partial charge in [0, 0.05) is 80.9 Å². The Hall–Kier alpha value is -3.47. The number of halogens is 1. The minimum Gasteiger partial charge on any atom is -0.458 e. The Morgan fingerprint density at radius 3 is 2.36 bits per heavy atom. The minimum absolute atomic E-state index is 0.0701. The number of nitrogens with two attached hydrogens (primary N) is 1. The Balaban J connectivity index is 0.00000309. The first-order chi connectivity index (χ1) is 31.3. The molecule has 3 unspecified atom stereocenters. The molecule has 13 atom stereocenters. The summed E-state index contributed by atoms with van der Waals surface area (Å²) in [5.74, 6) is -3.46. The van der Waals surface area contributed by atoms with Crippen molar-refractivity contribution >= 4 is 35.7 Å². The molecule has 2 aromatic rings. The van der Waals surface area contributed by atoms with Crippen molar-refractivity contribution in [3.8, 4) is 11.3 Å². The summed E-state index contributed by atoms with van der Waals surface area (Å²) in [6, 6.07) is 6.07. The number of nitrogens with one attached hydrogen (secondary N) is 1. The third-order valence-corrected chi connectivity index (χ3v) is 13.4. The first-order valence-electron chi connectivity index (χ1n) is 23.2. The van der Waals surface area contributed by atoms with Crippen molar-refractivity contribution in [1.29, 1.82) is 0 Å². The second-order valence-corrected chi connectivity index (χ2v) is 18.8.